The molecular weight excluding hydrogens is 481 g/mol. The van der Waals surface area contributed by atoms with Gasteiger partial charge in [0.05, 0.1) is 11.0 Å². The Kier molecular flexibility index (Phi) is 7.06. The third kappa shape index (κ3) is 4.88. The molecule has 2 aliphatic rings. The maximum Gasteiger partial charge on any atom is 0.294 e. The van der Waals surface area contributed by atoms with E-state index >= 15 is 0 Å². The second-order valence-electron chi connectivity index (χ2n) is 10.4. The maximum atomic E-state index is 12.0. The lowest BCUT2D eigenvalue weighted by molar-refractivity contribution is -0.384. The van der Waals surface area contributed by atoms with Gasteiger partial charge in [-0.1, -0.05) is 93.8 Å². The number of allylic oxidation sites excluding steroid dienone is 1. The number of likely N-dealkylation sites (N-methyl/N-ethyl adjacent to an activating group) is 1. The summed E-state index contributed by atoms with van der Waals surface area (Å²) in [5.74, 6) is 2.22. The summed E-state index contributed by atoms with van der Waals surface area (Å²) < 4.78 is 12.4. The van der Waals surface area contributed by atoms with E-state index in [0.29, 0.717) is 5.69 Å². The van der Waals surface area contributed by atoms with Gasteiger partial charge >= 0.3 is 0 Å². The summed E-state index contributed by atoms with van der Waals surface area (Å²) in [5, 5.41) is 12.9. The van der Waals surface area contributed by atoms with E-state index in [-0.39, 0.29) is 22.1 Å². The minimum Gasteiger partial charge on any atom is -0.347 e. The molecule has 0 radical (unpaired) electrons. The molecule has 1 heterocycles. The van der Waals surface area contributed by atoms with Crippen LogP contribution in [0.15, 0.2) is 95.1 Å². The third-order valence-corrected chi connectivity index (χ3v) is 10.3. The van der Waals surface area contributed by atoms with E-state index in [1.54, 1.807) is 18.2 Å². The number of nitro groups is 1. The smallest absolute Gasteiger partial charge is 0.294 e. The lowest BCUT2D eigenvalue weighted by Crippen LogP contribution is -2.25. The van der Waals surface area contributed by atoms with Gasteiger partial charge in [-0.15, -0.1) is 0 Å². The average molecular weight is 516 g/mol. The lowest BCUT2D eigenvalue weighted by atomic mass is 9.84. The Morgan fingerprint density at radius 2 is 1.62 bits per heavy atom. The predicted molar refractivity (Wildman–Crippen MR) is 152 cm³/mol. The van der Waals surface area contributed by atoms with Crippen molar-refractivity contribution in [3.63, 3.8) is 0 Å². The van der Waals surface area contributed by atoms with Crippen molar-refractivity contribution < 1.29 is 9.45 Å². The van der Waals surface area contributed by atoms with E-state index in [1.807, 2.05) is 18.2 Å². The van der Waals surface area contributed by atoms with Crippen molar-refractivity contribution in [3.8, 4) is 0 Å². The summed E-state index contributed by atoms with van der Waals surface area (Å²) in [6, 6.07) is 25.3. The Bertz CT molecular complexity index is 1380. The van der Waals surface area contributed by atoms with Crippen molar-refractivity contribution in [2.45, 2.75) is 57.5 Å². The number of nitrogens with zero attached hydrogens (tertiary/aromatic N) is 3. The highest BCUT2D eigenvalue weighted by atomic mass is 31.2. The van der Waals surface area contributed by atoms with E-state index in [4.69, 9.17) is 9.27 Å². The molecule has 37 heavy (non-hydrogen) atoms. The molecule has 6 nitrogen and oxygen atoms in total. The van der Waals surface area contributed by atoms with Crippen LogP contribution in [0.3, 0.4) is 0 Å². The van der Waals surface area contributed by atoms with Gasteiger partial charge in [0.15, 0.2) is 0 Å². The second-order valence-corrected chi connectivity index (χ2v) is 12.8. The molecule has 0 bridgehead atoms. The van der Waals surface area contributed by atoms with Gasteiger partial charge < -0.3 is 9.42 Å². The van der Waals surface area contributed by atoms with Crippen LogP contribution >= 0.6 is 7.28 Å². The van der Waals surface area contributed by atoms with Gasteiger partial charge in [0.25, 0.3) is 5.69 Å². The Labute approximate surface area is 219 Å². The highest BCUT2D eigenvalue weighted by Gasteiger charge is 2.41. The van der Waals surface area contributed by atoms with Gasteiger partial charge in [-0.3, -0.25) is 10.1 Å². The van der Waals surface area contributed by atoms with E-state index in [1.165, 1.54) is 18.1 Å². The molecule has 1 unspecified atom stereocenters. The molecule has 192 valence electrons. The Balaban J connectivity index is 1.80. The summed E-state index contributed by atoms with van der Waals surface area (Å²) in [4.78, 5) is 13.9. The van der Waals surface area contributed by atoms with Crippen LogP contribution in [0, 0.1) is 10.1 Å². The quantitative estimate of drug-likeness (QED) is 0.188. The zero-order valence-corrected chi connectivity index (χ0v) is 22.6. The van der Waals surface area contributed by atoms with Crippen LogP contribution in [0.1, 0.15) is 51.5 Å². The number of benzene rings is 3. The molecule has 1 atom stereocenters. The summed E-state index contributed by atoms with van der Waals surface area (Å²) in [6.45, 7) is 4.46. The zero-order chi connectivity index (χ0) is 26.0. The molecule has 1 aliphatic heterocycles. The van der Waals surface area contributed by atoms with Crippen molar-refractivity contribution in [3.05, 3.63) is 106 Å². The fraction of sp³-hybridized carbons (Fsp3) is 0.333. The van der Waals surface area contributed by atoms with E-state index in [2.05, 4.69) is 68.0 Å². The van der Waals surface area contributed by atoms with Crippen LogP contribution in [0.2, 0.25) is 0 Å². The van der Waals surface area contributed by atoms with Gasteiger partial charge in [-0.2, -0.15) is 0 Å². The highest BCUT2D eigenvalue weighted by molar-refractivity contribution is 7.72. The van der Waals surface area contributed by atoms with E-state index < -0.39 is 7.28 Å². The normalized spacial score (nSPS) is 19.9. The van der Waals surface area contributed by atoms with Crippen LogP contribution in [0.4, 0.5) is 17.1 Å². The molecule has 5 rings (SSSR count). The first-order valence-corrected chi connectivity index (χ1v) is 14.7. The molecular formula is C30H34N3O3P. The van der Waals surface area contributed by atoms with Crippen LogP contribution in [-0.2, 0) is 9.94 Å². The third-order valence-electron chi connectivity index (χ3n) is 7.56. The predicted octanol–water partition coefficient (Wildman–Crippen LogP) is 8.29. The maximum absolute atomic E-state index is 12.0. The van der Waals surface area contributed by atoms with Crippen LogP contribution in [0.25, 0.3) is 0 Å². The Hall–Kier alpha value is -3.21. The fourth-order valence-electron chi connectivity index (χ4n) is 5.57. The van der Waals surface area contributed by atoms with Crippen molar-refractivity contribution in [2.24, 2.45) is 4.74 Å². The van der Waals surface area contributed by atoms with E-state index in [0.717, 1.165) is 42.4 Å². The van der Waals surface area contributed by atoms with Crippen LogP contribution < -0.4 is 10.2 Å². The van der Waals surface area contributed by atoms with Gasteiger partial charge in [0.1, 0.15) is 13.0 Å². The number of rotatable bonds is 6. The molecule has 7 heteroatoms. The molecule has 1 saturated carbocycles. The molecule has 0 spiro atoms. The van der Waals surface area contributed by atoms with Crippen LogP contribution in [0.5, 0.6) is 0 Å². The van der Waals surface area contributed by atoms with Gasteiger partial charge in [-0.05, 0) is 30.5 Å². The molecule has 0 aromatic heterocycles. The van der Waals surface area contributed by atoms with Crippen molar-refractivity contribution in [1.82, 2.24) is 0 Å². The highest BCUT2D eigenvalue weighted by Crippen LogP contribution is 2.60. The topological polar surface area (TPSA) is 68.0 Å². The number of nitro benzene ring substituents is 1. The Morgan fingerprint density at radius 3 is 2.32 bits per heavy atom. The first-order valence-electron chi connectivity index (χ1n) is 13.0. The number of fused-ring (bicyclic) bond motifs is 1. The fourth-order valence-corrected chi connectivity index (χ4v) is 8.71. The summed E-state index contributed by atoms with van der Waals surface area (Å²) in [7, 11) is -0.796. The minimum absolute atomic E-state index is 0.00391. The standard InChI is InChI=1S/C30H34N3O3P/c1-30(2)25-18-10-12-20-27(25)32(3)29(30)22-37(24-16-8-5-9-17-24,36-23-14-6-4-7-15-23)31-26-19-11-13-21-28(26)33(34)35/h5,8-13,16-23H,4,6-7,14-15H2,1-3H3. The molecule has 3 aromatic carbocycles. The SMILES string of the molecule is CN1C(=CP(=Nc2ccccc2[N+](=O)[O-])(OC2CCCCC2)c2ccccc2)C(C)(C)c2ccccc21. The molecule has 3 aromatic rings. The number of hydrogen-bond acceptors (Lipinski definition) is 5. The molecule has 1 fully saturated rings. The summed E-state index contributed by atoms with van der Waals surface area (Å²) >= 11 is 0. The molecule has 1 aliphatic carbocycles. The Morgan fingerprint density at radius 1 is 0.973 bits per heavy atom. The average Bonchev–Trinajstić information content (AvgIpc) is 3.10. The molecule has 0 amide bonds. The second kappa shape index (κ2) is 10.3. The molecule has 0 N–H and O–H groups in total. The summed E-state index contributed by atoms with van der Waals surface area (Å²) in [6.07, 6.45) is 5.47. The molecule has 0 saturated heterocycles. The largest absolute Gasteiger partial charge is 0.347 e. The number of anilines is 1. The van der Waals surface area contributed by atoms with Crippen molar-refractivity contribution in [1.29, 1.82) is 0 Å². The van der Waals surface area contributed by atoms with Crippen LogP contribution in [-0.4, -0.2) is 18.1 Å². The van der Waals surface area contributed by atoms with E-state index in [9.17, 15) is 10.1 Å². The van der Waals surface area contributed by atoms with Crippen molar-refractivity contribution >= 4 is 29.6 Å². The van der Waals surface area contributed by atoms with Gasteiger partial charge in [0, 0.05) is 41.0 Å². The van der Waals surface area contributed by atoms with Gasteiger partial charge in [-0.25, -0.2) is 4.74 Å². The van der Waals surface area contributed by atoms with Crippen molar-refractivity contribution in [2.75, 3.05) is 11.9 Å². The van der Waals surface area contributed by atoms with Gasteiger partial charge in [0.2, 0.25) is 0 Å². The number of hydrogen-bond donors (Lipinski definition) is 0. The monoisotopic (exact) mass is 515 g/mol. The first-order chi connectivity index (χ1) is 17.8. The number of para-hydroxylation sites is 2. The lowest BCUT2D eigenvalue weighted by Gasteiger charge is -2.33. The zero-order valence-electron chi connectivity index (χ0n) is 21.7. The minimum atomic E-state index is -2.88. The first kappa shape index (κ1) is 25.4. The summed E-state index contributed by atoms with van der Waals surface area (Å²) in [5.41, 5.74) is 3.58.